The maximum Gasteiger partial charge on any atom is 0.436 e. The lowest BCUT2D eigenvalue weighted by Gasteiger charge is -2.35. The number of piperazine rings is 1. The number of halogens is 4. The van der Waals surface area contributed by atoms with Gasteiger partial charge < -0.3 is 4.90 Å². The van der Waals surface area contributed by atoms with Crippen molar-refractivity contribution in [2.75, 3.05) is 26.2 Å². The van der Waals surface area contributed by atoms with Gasteiger partial charge in [0.1, 0.15) is 10.3 Å². The Kier molecular flexibility index (Phi) is 5.99. The third-order valence-corrected chi connectivity index (χ3v) is 9.54. The summed E-state index contributed by atoms with van der Waals surface area (Å²) in [5, 5.41) is 5.42. The predicted octanol–water partition coefficient (Wildman–Crippen LogP) is 3.70. The fourth-order valence-corrected chi connectivity index (χ4v) is 7.06. The van der Waals surface area contributed by atoms with E-state index >= 15 is 0 Å². The lowest BCUT2D eigenvalue weighted by Crippen LogP contribution is -2.51. The molecule has 1 saturated carbocycles. The molecule has 2 aliphatic rings. The summed E-state index contributed by atoms with van der Waals surface area (Å²) < 4.78 is 68.0. The number of rotatable bonds is 5. The maximum absolute atomic E-state index is 13.4. The van der Waals surface area contributed by atoms with Crippen LogP contribution in [0.4, 0.5) is 13.2 Å². The average Bonchev–Trinajstić information content (AvgIpc) is 3.25. The van der Waals surface area contributed by atoms with Gasteiger partial charge in [-0.1, -0.05) is 6.07 Å². The van der Waals surface area contributed by atoms with Crippen LogP contribution in [0.5, 0.6) is 0 Å². The van der Waals surface area contributed by atoms with E-state index in [9.17, 15) is 26.4 Å². The molecule has 0 bridgehead atoms. The third-order valence-electron chi connectivity index (χ3n) is 5.48. The van der Waals surface area contributed by atoms with E-state index in [-0.39, 0.29) is 46.7 Å². The van der Waals surface area contributed by atoms with Crippen LogP contribution in [0.25, 0.3) is 0 Å². The molecule has 4 rings (SSSR count). The van der Waals surface area contributed by atoms with Gasteiger partial charge in [0, 0.05) is 32.1 Å². The maximum atomic E-state index is 13.4. The Morgan fingerprint density at radius 3 is 2.42 bits per heavy atom. The Morgan fingerprint density at radius 2 is 1.90 bits per heavy atom. The topological polar surface area (TPSA) is 75.5 Å². The van der Waals surface area contributed by atoms with Gasteiger partial charge >= 0.3 is 6.18 Å². The first kappa shape index (κ1) is 22.7. The second-order valence-electron chi connectivity index (χ2n) is 7.60. The van der Waals surface area contributed by atoms with E-state index in [2.05, 4.69) is 21.0 Å². The van der Waals surface area contributed by atoms with E-state index in [0.29, 0.717) is 5.69 Å². The van der Waals surface area contributed by atoms with Crippen LogP contribution in [0.2, 0.25) is 0 Å². The summed E-state index contributed by atoms with van der Waals surface area (Å²) in [4.78, 5) is 14.5. The number of hydrogen-bond donors (Lipinski definition) is 0. The van der Waals surface area contributed by atoms with Gasteiger partial charge in [-0.05, 0) is 47.1 Å². The molecule has 3 heterocycles. The highest BCUT2D eigenvalue weighted by atomic mass is 79.9. The standard InChI is InChI=1S/C18H20BrF3N4O3S2/c1-11(26-15(12-4-5-12)14(19)16(23-26)18(20,21)22)17(27)24-6-8-25(9-7-24)31(28,29)13-3-2-10-30-13/h2-3,10-12H,4-9H2,1H3. The molecule has 2 aromatic rings. The van der Waals surface area contributed by atoms with Crippen molar-refractivity contribution in [2.45, 2.75) is 42.1 Å². The predicted molar refractivity (Wildman–Crippen MR) is 111 cm³/mol. The first-order valence-electron chi connectivity index (χ1n) is 9.69. The molecule has 170 valence electrons. The number of alkyl halides is 3. The lowest BCUT2D eigenvalue weighted by molar-refractivity contribution is -0.143. The fraction of sp³-hybridized carbons (Fsp3) is 0.556. The Hall–Kier alpha value is -1.44. The summed E-state index contributed by atoms with van der Waals surface area (Å²) in [5.74, 6) is -0.431. The van der Waals surface area contributed by atoms with Gasteiger partial charge in [0.25, 0.3) is 10.0 Å². The summed E-state index contributed by atoms with van der Waals surface area (Å²) in [6.45, 7) is 2.13. The SMILES string of the molecule is CC(C(=O)N1CCN(S(=O)(=O)c2cccs2)CC1)n1nc(C(F)(F)F)c(Br)c1C1CC1. The molecular formula is C18H20BrF3N4O3S2. The van der Waals surface area contributed by atoms with Crippen molar-refractivity contribution in [3.63, 3.8) is 0 Å². The monoisotopic (exact) mass is 540 g/mol. The van der Waals surface area contributed by atoms with E-state index < -0.39 is 27.9 Å². The zero-order valence-electron chi connectivity index (χ0n) is 16.5. The molecule has 0 N–H and O–H groups in total. The van der Waals surface area contributed by atoms with Gasteiger partial charge in [-0.2, -0.15) is 22.6 Å². The molecule has 31 heavy (non-hydrogen) atoms. The van der Waals surface area contributed by atoms with E-state index in [1.807, 2.05) is 0 Å². The summed E-state index contributed by atoms with van der Waals surface area (Å²) in [7, 11) is -3.60. The van der Waals surface area contributed by atoms with Crippen molar-refractivity contribution in [2.24, 2.45) is 0 Å². The quantitative estimate of drug-likeness (QED) is 0.579. The van der Waals surface area contributed by atoms with Gasteiger partial charge in [0.15, 0.2) is 5.69 Å². The summed E-state index contributed by atoms with van der Waals surface area (Å²) in [6.07, 6.45) is -3.12. The van der Waals surface area contributed by atoms with E-state index in [1.165, 1.54) is 26.9 Å². The molecule has 1 aliphatic carbocycles. The van der Waals surface area contributed by atoms with Gasteiger partial charge in [0.2, 0.25) is 5.91 Å². The summed E-state index contributed by atoms with van der Waals surface area (Å²) in [6, 6.07) is 2.27. The van der Waals surface area contributed by atoms with Crippen LogP contribution in [-0.2, 0) is 21.0 Å². The zero-order valence-corrected chi connectivity index (χ0v) is 19.7. The number of sulfonamides is 1. The molecular weight excluding hydrogens is 521 g/mol. The largest absolute Gasteiger partial charge is 0.436 e. The van der Waals surface area contributed by atoms with Crippen LogP contribution in [-0.4, -0.2) is 59.5 Å². The van der Waals surface area contributed by atoms with Crippen molar-refractivity contribution in [1.29, 1.82) is 0 Å². The van der Waals surface area contributed by atoms with Crippen LogP contribution in [0.3, 0.4) is 0 Å². The molecule has 0 aromatic carbocycles. The first-order valence-corrected chi connectivity index (χ1v) is 12.8. The van der Waals surface area contributed by atoms with Crippen molar-refractivity contribution < 1.29 is 26.4 Å². The first-order chi connectivity index (χ1) is 14.5. The Morgan fingerprint density at radius 1 is 1.26 bits per heavy atom. The minimum atomic E-state index is -4.63. The lowest BCUT2D eigenvalue weighted by atomic mass is 10.2. The van der Waals surface area contributed by atoms with Gasteiger partial charge in [0.05, 0.1) is 10.2 Å². The minimum absolute atomic E-state index is 0.0546. The molecule has 1 saturated heterocycles. The fourth-order valence-electron chi connectivity index (χ4n) is 3.68. The number of thiophene rings is 1. The molecule has 2 aromatic heterocycles. The minimum Gasteiger partial charge on any atom is -0.338 e. The number of carbonyl (C=O) groups is 1. The zero-order chi connectivity index (χ0) is 22.6. The van der Waals surface area contributed by atoms with Crippen molar-refractivity contribution in [1.82, 2.24) is 19.0 Å². The number of carbonyl (C=O) groups excluding carboxylic acids is 1. The van der Waals surface area contributed by atoms with Crippen LogP contribution < -0.4 is 0 Å². The number of amides is 1. The third kappa shape index (κ3) is 4.29. The van der Waals surface area contributed by atoms with Crippen LogP contribution in [0.15, 0.2) is 26.2 Å². The molecule has 2 fully saturated rings. The normalized spacial score (nSPS) is 19.6. The molecule has 1 aliphatic heterocycles. The van der Waals surface area contributed by atoms with E-state index in [1.54, 1.807) is 11.4 Å². The van der Waals surface area contributed by atoms with Gasteiger partial charge in [-0.25, -0.2) is 8.42 Å². The van der Waals surface area contributed by atoms with Gasteiger partial charge in [-0.3, -0.25) is 9.48 Å². The average molecular weight is 541 g/mol. The second-order valence-corrected chi connectivity index (χ2v) is 11.5. The van der Waals surface area contributed by atoms with Crippen LogP contribution in [0, 0.1) is 0 Å². The summed E-state index contributed by atoms with van der Waals surface area (Å²) in [5.41, 5.74) is -0.631. The smallest absolute Gasteiger partial charge is 0.338 e. The van der Waals surface area contributed by atoms with Crippen molar-refractivity contribution >= 4 is 43.2 Å². The van der Waals surface area contributed by atoms with E-state index in [0.717, 1.165) is 24.2 Å². The molecule has 0 spiro atoms. The molecule has 1 amide bonds. The molecule has 0 radical (unpaired) electrons. The Bertz CT molecular complexity index is 1070. The second kappa shape index (κ2) is 8.16. The molecule has 1 unspecified atom stereocenters. The number of hydrogen-bond acceptors (Lipinski definition) is 5. The Labute approximate surface area is 190 Å². The molecule has 13 heteroatoms. The Balaban J connectivity index is 1.50. The number of aromatic nitrogens is 2. The molecule has 7 nitrogen and oxygen atoms in total. The van der Waals surface area contributed by atoms with Crippen LogP contribution in [0.1, 0.15) is 43.1 Å². The molecule has 1 atom stereocenters. The highest BCUT2D eigenvalue weighted by Crippen LogP contribution is 2.47. The van der Waals surface area contributed by atoms with Crippen molar-refractivity contribution in [3.05, 3.63) is 33.4 Å². The van der Waals surface area contributed by atoms with Crippen LogP contribution >= 0.6 is 27.3 Å². The van der Waals surface area contributed by atoms with Gasteiger partial charge in [-0.15, -0.1) is 11.3 Å². The summed E-state index contributed by atoms with van der Waals surface area (Å²) >= 11 is 4.17. The van der Waals surface area contributed by atoms with E-state index in [4.69, 9.17) is 0 Å². The highest BCUT2D eigenvalue weighted by molar-refractivity contribution is 9.10. The van der Waals surface area contributed by atoms with Crippen molar-refractivity contribution in [3.8, 4) is 0 Å². The number of nitrogens with zero attached hydrogens (tertiary/aromatic N) is 4. The highest BCUT2D eigenvalue weighted by Gasteiger charge is 2.43.